The minimum atomic E-state index is -2.50. The molecule has 1 fully saturated rings. The van der Waals surface area contributed by atoms with Gasteiger partial charge in [0.15, 0.2) is 0 Å². The number of alkyl halides is 2. The van der Waals surface area contributed by atoms with E-state index < -0.39 is 11.8 Å². The van der Waals surface area contributed by atoms with E-state index in [-0.39, 0.29) is 6.04 Å². The molecule has 66 valence electrons. The molecular weight excluding hydrogens is 148 g/mol. The average Bonchev–Trinajstić information content (AvgIpc) is 1.86. The van der Waals surface area contributed by atoms with Crippen LogP contribution in [0.25, 0.3) is 0 Å². The smallest absolute Gasteiger partial charge is 0.248 e. The standard InChI is InChI=1S/C8H15F2N/c1-8(9,10)6-2-4-7(11)5-3-6/h6-7H,2-5,11H2,1H3. The van der Waals surface area contributed by atoms with Crippen LogP contribution in [0.15, 0.2) is 0 Å². The van der Waals surface area contributed by atoms with Gasteiger partial charge < -0.3 is 5.73 Å². The molecule has 0 aromatic carbocycles. The minimum absolute atomic E-state index is 0.161. The molecule has 1 aliphatic rings. The van der Waals surface area contributed by atoms with Crippen LogP contribution in [0.4, 0.5) is 8.78 Å². The van der Waals surface area contributed by atoms with Crippen LogP contribution in [0.5, 0.6) is 0 Å². The molecule has 11 heavy (non-hydrogen) atoms. The molecule has 1 nitrogen and oxygen atoms in total. The number of halogens is 2. The third-order valence-corrected chi connectivity index (χ3v) is 2.49. The Morgan fingerprint density at radius 3 is 2.00 bits per heavy atom. The number of nitrogens with two attached hydrogens (primary N) is 1. The maximum Gasteiger partial charge on any atom is 0.248 e. The predicted octanol–water partition coefficient (Wildman–Crippen LogP) is 2.16. The summed E-state index contributed by atoms with van der Waals surface area (Å²) in [4.78, 5) is 0. The summed E-state index contributed by atoms with van der Waals surface area (Å²) < 4.78 is 25.4. The van der Waals surface area contributed by atoms with E-state index in [4.69, 9.17) is 5.73 Å². The third kappa shape index (κ3) is 2.40. The molecule has 0 aromatic heterocycles. The Hall–Kier alpha value is -0.180. The second-order valence-corrected chi connectivity index (χ2v) is 3.57. The molecule has 0 aromatic rings. The Morgan fingerprint density at radius 1 is 1.18 bits per heavy atom. The first-order valence-electron chi connectivity index (χ1n) is 4.13. The monoisotopic (exact) mass is 163 g/mol. The lowest BCUT2D eigenvalue weighted by molar-refractivity contribution is -0.0543. The molecule has 0 bridgehead atoms. The van der Waals surface area contributed by atoms with Crippen molar-refractivity contribution in [2.45, 2.75) is 44.6 Å². The van der Waals surface area contributed by atoms with Crippen LogP contribution in [0, 0.1) is 5.92 Å². The lowest BCUT2D eigenvalue weighted by Crippen LogP contribution is -2.33. The van der Waals surface area contributed by atoms with Crippen molar-refractivity contribution in [2.24, 2.45) is 11.7 Å². The highest BCUT2D eigenvalue weighted by atomic mass is 19.3. The largest absolute Gasteiger partial charge is 0.328 e. The Morgan fingerprint density at radius 2 is 1.64 bits per heavy atom. The normalized spacial score (nSPS) is 33.8. The lowest BCUT2D eigenvalue weighted by Gasteiger charge is -2.30. The fourth-order valence-electron chi connectivity index (χ4n) is 1.63. The third-order valence-electron chi connectivity index (χ3n) is 2.49. The zero-order valence-corrected chi connectivity index (χ0v) is 6.82. The van der Waals surface area contributed by atoms with Gasteiger partial charge in [-0.25, -0.2) is 8.78 Å². The van der Waals surface area contributed by atoms with Gasteiger partial charge in [-0.15, -0.1) is 0 Å². The van der Waals surface area contributed by atoms with Crippen molar-refractivity contribution < 1.29 is 8.78 Å². The maximum absolute atomic E-state index is 12.7. The molecule has 1 aliphatic carbocycles. The van der Waals surface area contributed by atoms with E-state index in [2.05, 4.69) is 0 Å². The molecule has 0 atom stereocenters. The van der Waals surface area contributed by atoms with Gasteiger partial charge in [0, 0.05) is 12.0 Å². The average molecular weight is 163 g/mol. The maximum atomic E-state index is 12.7. The molecule has 1 saturated carbocycles. The van der Waals surface area contributed by atoms with Crippen LogP contribution in [0.3, 0.4) is 0 Å². The second kappa shape index (κ2) is 3.05. The molecule has 1 rings (SSSR count). The Kier molecular flexibility index (Phi) is 2.47. The summed E-state index contributed by atoms with van der Waals surface area (Å²) in [6.07, 6.45) is 2.69. The van der Waals surface area contributed by atoms with Crippen LogP contribution < -0.4 is 5.73 Å². The summed E-state index contributed by atoms with van der Waals surface area (Å²) in [7, 11) is 0. The molecular formula is C8H15F2N. The SMILES string of the molecule is CC(F)(F)C1CCC(N)CC1. The van der Waals surface area contributed by atoms with E-state index in [1.807, 2.05) is 0 Å². The van der Waals surface area contributed by atoms with Gasteiger partial charge >= 0.3 is 0 Å². The van der Waals surface area contributed by atoms with E-state index in [1.54, 1.807) is 0 Å². The first-order valence-corrected chi connectivity index (χ1v) is 4.13. The number of hydrogen-bond acceptors (Lipinski definition) is 1. The molecule has 0 spiro atoms. The quantitative estimate of drug-likeness (QED) is 0.629. The molecule has 3 heteroatoms. The van der Waals surface area contributed by atoms with Crippen molar-refractivity contribution in [3.05, 3.63) is 0 Å². The lowest BCUT2D eigenvalue weighted by atomic mass is 9.83. The van der Waals surface area contributed by atoms with Crippen LogP contribution in [0.1, 0.15) is 32.6 Å². The van der Waals surface area contributed by atoms with Gasteiger partial charge in [-0.2, -0.15) is 0 Å². The van der Waals surface area contributed by atoms with Crippen molar-refractivity contribution in [2.75, 3.05) is 0 Å². The topological polar surface area (TPSA) is 26.0 Å². The van der Waals surface area contributed by atoms with E-state index in [0.29, 0.717) is 12.8 Å². The molecule has 0 amide bonds. The van der Waals surface area contributed by atoms with Crippen LogP contribution in [-0.4, -0.2) is 12.0 Å². The molecule has 0 aliphatic heterocycles. The summed E-state index contributed by atoms with van der Waals surface area (Å²) in [5.41, 5.74) is 5.60. The molecule has 2 N–H and O–H groups in total. The van der Waals surface area contributed by atoms with Gasteiger partial charge in [-0.1, -0.05) is 0 Å². The van der Waals surface area contributed by atoms with Gasteiger partial charge in [0.1, 0.15) is 0 Å². The summed E-state index contributed by atoms with van der Waals surface area (Å²) in [6, 6.07) is 0.161. The summed E-state index contributed by atoms with van der Waals surface area (Å²) in [5, 5.41) is 0. The van der Waals surface area contributed by atoms with Gasteiger partial charge in [0.25, 0.3) is 0 Å². The highest BCUT2D eigenvalue weighted by Crippen LogP contribution is 2.35. The van der Waals surface area contributed by atoms with Crippen LogP contribution >= 0.6 is 0 Å². The van der Waals surface area contributed by atoms with Gasteiger partial charge in [-0.3, -0.25) is 0 Å². The first kappa shape index (κ1) is 8.91. The van der Waals surface area contributed by atoms with E-state index in [9.17, 15) is 8.78 Å². The highest BCUT2D eigenvalue weighted by molar-refractivity contribution is 4.80. The van der Waals surface area contributed by atoms with Crippen LogP contribution in [0.2, 0.25) is 0 Å². The summed E-state index contributed by atoms with van der Waals surface area (Å²) >= 11 is 0. The molecule has 0 unspecified atom stereocenters. The Bertz CT molecular complexity index is 123. The zero-order valence-electron chi connectivity index (χ0n) is 6.82. The molecule has 0 heterocycles. The number of hydrogen-bond donors (Lipinski definition) is 1. The van der Waals surface area contributed by atoms with E-state index in [0.717, 1.165) is 19.8 Å². The van der Waals surface area contributed by atoms with Crippen molar-refractivity contribution >= 4 is 0 Å². The van der Waals surface area contributed by atoms with Crippen molar-refractivity contribution in [3.63, 3.8) is 0 Å². The van der Waals surface area contributed by atoms with Gasteiger partial charge in [0.2, 0.25) is 5.92 Å². The van der Waals surface area contributed by atoms with Gasteiger partial charge in [-0.05, 0) is 32.6 Å². The Balaban J connectivity index is 2.39. The highest BCUT2D eigenvalue weighted by Gasteiger charge is 2.35. The van der Waals surface area contributed by atoms with Crippen molar-refractivity contribution in [1.82, 2.24) is 0 Å². The minimum Gasteiger partial charge on any atom is -0.328 e. The fourth-order valence-corrected chi connectivity index (χ4v) is 1.63. The second-order valence-electron chi connectivity index (χ2n) is 3.57. The zero-order chi connectivity index (χ0) is 8.48. The number of rotatable bonds is 1. The Labute approximate surface area is 66.0 Å². The van der Waals surface area contributed by atoms with Crippen molar-refractivity contribution in [1.29, 1.82) is 0 Å². The van der Waals surface area contributed by atoms with Crippen molar-refractivity contribution in [3.8, 4) is 0 Å². The fraction of sp³-hybridized carbons (Fsp3) is 1.00. The first-order chi connectivity index (χ1) is 5.00. The van der Waals surface area contributed by atoms with Gasteiger partial charge in [0.05, 0.1) is 0 Å². The molecule has 0 saturated heterocycles. The van der Waals surface area contributed by atoms with E-state index >= 15 is 0 Å². The van der Waals surface area contributed by atoms with Crippen LogP contribution in [-0.2, 0) is 0 Å². The predicted molar refractivity (Wildman–Crippen MR) is 40.6 cm³/mol. The van der Waals surface area contributed by atoms with E-state index in [1.165, 1.54) is 0 Å². The summed E-state index contributed by atoms with van der Waals surface area (Å²) in [5.74, 6) is -2.93. The molecule has 0 radical (unpaired) electrons. The summed E-state index contributed by atoms with van der Waals surface area (Å²) in [6.45, 7) is 1.01.